The molecule has 9 aromatic rings. The number of carbonyl (C=O) groups is 3. The predicted molar refractivity (Wildman–Crippen MR) is 295 cm³/mol. The molecule has 16 heteroatoms. The van der Waals surface area contributed by atoms with E-state index in [1.54, 1.807) is 116 Å². The summed E-state index contributed by atoms with van der Waals surface area (Å²) in [5.74, 6) is 2.02. The smallest absolute Gasteiger partial charge is 0.255 e. The zero-order chi connectivity index (χ0) is 50.7. The molecule has 9 rings (SSSR count). The van der Waals surface area contributed by atoms with Crippen LogP contribution in [0, 0.1) is 0 Å². The Bertz CT molecular complexity index is 3100. The first-order valence-electron chi connectivity index (χ1n) is 23.0. The molecule has 0 aliphatic carbocycles. The summed E-state index contributed by atoms with van der Waals surface area (Å²) in [6.07, 6.45) is 16.0. The molecule has 0 aliphatic rings. The number of anilines is 1. The van der Waals surface area contributed by atoms with Gasteiger partial charge in [0.25, 0.3) is 17.7 Å². The average molecular weight is 1040 g/mol. The predicted octanol–water partition coefficient (Wildman–Crippen LogP) is 12.0. The van der Waals surface area contributed by atoms with Gasteiger partial charge in [-0.05, 0) is 101 Å². The van der Waals surface area contributed by atoms with Crippen LogP contribution in [0.1, 0.15) is 53.3 Å². The summed E-state index contributed by atoms with van der Waals surface area (Å²) in [5.41, 5.74) is 7.23. The summed E-state index contributed by atoms with van der Waals surface area (Å²) in [7, 11) is 1.63. The fourth-order valence-electron chi connectivity index (χ4n) is 6.60. The molecule has 0 aliphatic heterocycles. The topological polar surface area (TPSA) is 165 Å². The fourth-order valence-corrected chi connectivity index (χ4v) is 9.74. The molecule has 3 aromatic heterocycles. The van der Waals surface area contributed by atoms with Gasteiger partial charge in [-0.2, -0.15) is 0 Å². The molecule has 0 radical (unpaired) electrons. The second kappa shape index (κ2) is 29.7. The minimum Gasteiger partial charge on any atom is -0.355 e. The van der Waals surface area contributed by atoms with E-state index in [0.29, 0.717) is 23.2 Å². The molecule has 0 saturated heterocycles. The first kappa shape index (κ1) is 53.2. The Morgan fingerprint density at radius 3 is 1.32 bits per heavy atom. The van der Waals surface area contributed by atoms with Crippen molar-refractivity contribution in [3.05, 3.63) is 252 Å². The number of benzene rings is 6. The Morgan fingerprint density at radius 1 is 0.438 bits per heavy atom. The van der Waals surface area contributed by atoms with Gasteiger partial charge in [-0.25, -0.2) is 15.0 Å². The number of aromatic nitrogens is 6. The number of rotatable bonds is 18. The molecule has 0 atom stereocenters. The third kappa shape index (κ3) is 18.8. The Hall–Kier alpha value is -7.63. The van der Waals surface area contributed by atoms with Gasteiger partial charge in [0.2, 0.25) is 0 Å². The molecule has 0 unspecified atom stereocenters. The van der Waals surface area contributed by atoms with Crippen molar-refractivity contribution >= 4 is 70.5 Å². The molecule has 12 nitrogen and oxygen atoms in total. The summed E-state index contributed by atoms with van der Waals surface area (Å²) in [4.78, 5) is 63.6. The Morgan fingerprint density at radius 2 is 0.863 bits per heavy atom. The SMILES string of the molecule is CNC(=O)c1cccc(CSc2cnccn2)c1.O=C(NCCc1ccccc1)c1cccc(CSc2cnccn2)c1.O=C(Nc1ccc(Sc2ccccc2)cc1)c1cccc(CSc2cnccn2)c1. The third-order valence-electron chi connectivity index (χ3n) is 10.2. The lowest BCUT2D eigenvalue weighted by molar-refractivity contribution is 0.0949. The molecule has 3 N–H and O–H groups in total. The highest BCUT2D eigenvalue weighted by molar-refractivity contribution is 7.99. The third-order valence-corrected chi connectivity index (χ3v) is 14.2. The summed E-state index contributed by atoms with van der Waals surface area (Å²) in [5, 5.41) is 11.2. The minimum absolute atomic E-state index is 0.0396. The van der Waals surface area contributed by atoms with Crippen molar-refractivity contribution in [2.24, 2.45) is 0 Å². The maximum atomic E-state index is 12.7. The van der Waals surface area contributed by atoms with Crippen LogP contribution in [-0.4, -0.2) is 61.2 Å². The van der Waals surface area contributed by atoms with E-state index in [2.05, 4.69) is 70.1 Å². The normalized spacial score (nSPS) is 10.4. The van der Waals surface area contributed by atoms with E-state index >= 15 is 0 Å². The summed E-state index contributed by atoms with van der Waals surface area (Å²) >= 11 is 6.49. The largest absolute Gasteiger partial charge is 0.355 e. The first-order valence-corrected chi connectivity index (χ1v) is 26.8. The second-order valence-corrected chi connectivity index (χ2v) is 19.7. The molecule has 0 bridgehead atoms. The van der Waals surface area contributed by atoms with Gasteiger partial charge in [0.1, 0.15) is 15.1 Å². The van der Waals surface area contributed by atoms with Crippen molar-refractivity contribution in [2.75, 3.05) is 18.9 Å². The summed E-state index contributed by atoms with van der Waals surface area (Å²) in [6, 6.07) is 51.2. The molecule has 366 valence electrons. The van der Waals surface area contributed by atoms with Crippen LogP contribution in [0.2, 0.25) is 0 Å². The van der Waals surface area contributed by atoms with E-state index in [0.717, 1.165) is 66.0 Å². The Kier molecular flexibility index (Phi) is 21.6. The number of amides is 3. The van der Waals surface area contributed by atoms with E-state index in [1.165, 1.54) is 10.5 Å². The van der Waals surface area contributed by atoms with E-state index in [4.69, 9.17) is 0 Å². The highest BCUT2D eigenvalue weighted by Crippen LogP contribution is 2.29. The van der Waals surface area contributed by atoms with Gasteiger partial charge in [0.05, 0.1) is 18.6 Å². The maximum Gasteiger partial charge on any atom is 0.255 e. The van der Waals surface area contributed by atoms with Crippen LogP contribution < -0.4 is 16.0 Å². The molecular weight excluding hydrogens is 987 g/mol. The van der Waals surface area contributed by atoms with Crippen molar-refractivity contribution in [3.8, 4) is 0 Å². The van der Waals surface area contributed by atoms with Crippen LogP contribution in [0.25, 0.3) is 0 Å². The highest BCUT2D eigenvalue weighted by atomic mass is 32.2. The van der Waals surface area contributed by atoms with E-state index < -0.39 is 0 Å². The molecule has 3 amide bonds. The molecule has 0 fully saturated rings. The van der Waals surface area contributed by atoms with Gasteiger partial charge in [-0.3, -0.25) is 29.3 Å². The highest BCUT2D eigenvalue weighted by Gasteiger charge is 2.10. The number of nitrogens with one attached hydrogen (secondary N) is 3. The summed E-state index contributed by atoms with van der Waals surface area (Å²) in [6.45, 7) is 0.626. The van der Waals surface area contributed by atoms with Gasteiger partial charge in [0, 0.05) is 100 Å². The monoisotopic (exact) mass is 1040 g/mol. The second-order valence-electron chi connectivity index (χ2n) is 15.6. The standard InChI is InChI=1S/C24H19N3OS2.C20H19N3OS.C13H13N3OS/c28-24(19-6-4-5-18(15-19)17-29-23-16-25-13-14-26-23)27-20-9-11-22(12-10-20)30-21-7-2-1-3-8-21;24-20(23-10-9-16-5-2-1-3-6-16)18-8-4-7-17(13-18)15-25-19-14-21-11-12-22-19;1-14-13(17)11-4-2-3-10(7-11)9-18-12-8-15-5-6-16-12/h1-16H,17H2,(H,27,28);1-8,11-14H,9-10,15H2,(H,23,24);2-8H,9H2,1H3,(H,14,17). The Labute approximate surface area is 442 Å². The minimum atomic E-state index is -0.121. The molecule has 0 saturated carbocycles. The average Bonchev–Trinajstić information content (AvgIpc) is 3.45. The molecule has 0 spiro atoms. The lowest BCUT2D eigenvalue weighted by Crippen LogP contribution is -2.25. The van der Waals surface area contributed by atoms with Crippen LogP contribution in [0.4, 0.5) is 5.69 Å². The van der Waals surface area contributed by atoms with E-state index in [-0.39, 0.29) is 17.7 Å². The fraction of sp³-hybridized carbons (Fsp3) is 0.105. The van der Waals surface area contributed by atoms with Crippen LogP contribution in [0.5, 0.6) is 0 Å². The van der Waals surface area contributed by atoms with Crippen molar-refractivity contribution in [1.82, 2.24) is 40.5 Å². The lowest BCUT2D eigenvalue weighted by Gasteiger charge is -2.08. The molecular formula is C57H51N9O3S4. The van der Waals surface area contributed by atoms with Gasteiger partial charge < -0.3 is 16.0 Å². The zero-order valence-corrected chi connectivity index (χ0v) is 43.0. The van der Waals surface area contributed by atoms with Gasteiger partial charge in [-0.1, -0.05) is 96.7 Å². The molecule has 6 aromatic carbocycles. The molecule has 73 heavy (non-hydrogen) atoms. The van der Waals surface area contributed by atoms with Crippen LogP contribution >= 0.6 is 47.0 Å². The van der Waals surface area contributed by atoms with E-state index in [9.17, 15) is 14.4 Å². The summed E-state index contributed by atoms with van der Waals surface area (Å²) < 4.78 is 0. The van der Waals surface area contributed by atoms with Crippen molar-refractivity contribution in [2.45, 2.75) is 48.5 Å². The van der Waals surface area contributed by atoms with Gasteiger partial charge in [-0.15, -0.1) is 35.3 Å². The van der Waals surface area contributed by atoms with Crippen molar-refractivity contribution in [1.29, 1.82) is 0 Å². The zero-order valence-electron chi connectivity index (χ0n) is 39.8. The van der Waals surface area contributed by atoms with Crippen molar-refractivity contribution < 1.29 is 14.4 Å². The maximum absolute atomic E-state index is 12.7. The quantitative estimate of drug-likeness (QED) is 0.0696. The Balaban J connectivity index is 0.000000165. The first-order chi connectivity index (χ1) is 35.9. The van der Waals surface area contributed by atoms with Gasteiger partial charge >= 0.3 is 0 Å². The van der Waals surface area contributed by atoms with Crippen LogP contribution in [0.3, 0.4) is 0 Å². The van der Waals surface area contributed by atoms with Gasteiger partial charge in [0.15, 0.2) is 0 Å². The lowest BCUT2D eigenvalue weighted by atomic mass is 10.1. The number of hydrogen-bond donors (Lipinski definition) is 3. The number of hydrogen-bond acceptors (Lipinski definition) is 13. The van der Waals surface area contributed by atoms with Crippen LogP contribution in [-0.2, 0) is 23.7 Å². The number of thioether (sulfide) groups is 3. The molecule has 3 heterocycles. The van der Waals surface area contributed by atoms with E-state index in [1.807, 2.05) is 127 Å². The van der Waals surface area contributed by atoms with Crippen molar-refractivity contribution in [3.63, 3.8) is 0 Å². The van der Waals surface area contributed by atoms with Crippen LogP contribution in [0.15, 0.2) is 238 Å². The number of nitrogens with zero attached hydrogens (tertiary/aromatic N) is 6. The number of carbonyl (C=O) groups excluding carboxylic acids is 3.